The van der Waals surface area contributed by atoms with Gasteiger partial charge in [-0.2, -0.15) is 0 Å². The number of carbonyl (C=O) groups is 2. The molecule has 1 amide bonds. The quantitative estimate of drug-likeness (QED) is 0.397. The predicted octanol–water partition coefficient (Wildman–Crippen LogP) is 3.61. The summed E-state index contributed by atoms with van der Waals surface area (Å²) in [7, 11) is 1.75. The second-order valence-electron chi connectivity index (χ2n) is 10.7. The van der Waals surface area contributed by atoms with Gasteiger partial charge < -0.3 is 30.0 Å². The summed E-state index contributed by atoms with van der Waals surface area (Å²) in [5.74, 6) is 1.53. The number of amides is 1. The number of guanidine groups is 1. The molecule has 1 aromatic heterocycles. The molecule has 0 aromatic carbocycles. The van der Waals surface area contributed by atoms with Crippen molar-refractivity contribution in [2.75, 3.05) is 46.4 Å². The average molecular weight is 595 g/mol. The molecule has 2 N–H and O–H groups in total. The third kappa shape index (κ3) is 8.26. The smallest absolute Gasteiger partial charge is 0.253 e. The average Bonchev–Trinajstić information content (AvgIpc) is 3.68. The summed E-state index contributed by atoms with van der Waals surface area (Å²) in [6.07, 6.45) is 17.4. The van der Waals surface area contributed by atoms with E-state index in [4.69, 9.17) is 4.74 Å². The number of nitrogens with one attached hydrogen (secondary N) is 2. The number of carbonyl (C=O) groups excluding carboxylic acids is 2. The number of aliphatic imine (C=N–C) groups is 1. The molecule has 4 atom stereocenters. The van der Waals surface area contributed by atoms with E-state index < -0.39 is 0 Å². The van der Waals surface area contributed by atoms with Gasteiger partial charge in [-0.25, -0.2) is 4.98 Å². The number of hydrogen-bond acceptors (Lipinski definition) is 7. The van der Waals surface area contributed by atoms with Crippen molar-refractivity contribution in [1.29, 1.82) is 0 Å². The minimum Gasteiger partial charge on any atom is -0.374 e. The Bertz CT molecular complexity index is 1210. The molecule has 2 bridgehead atoms. The third-order valence-electron chi connectivity index (χ3n) is 8.01. The summed E-state index contributed by atoms with van der Waals surface area (Å²) in [5, 5.41) is 9.60. The number of fused-ring (bicyclic) bond motifs is 3. The molecule has 6 rings (SSSR count). The first-order chi connectivity index (χ1) is 20.6. The van der Waals surface area contributed by atoms with Crippen LogP contribution in [0.25, 0.3) is 5.57 Å². The zero-order valence-electron chi connectivity index (χ0n) is 25.4. The second kappa shape index (κ2) is 16.0. The molecule has 4 heterocycles. The summed E-state index contributed by atoms with van der Waals surface area (Å²) in [5.41, 5.74) is 2.96. The summed E-state index contributed by atoms with van der Waals surface area (Å²) in [6.45, 7) is 11.6. The van der Waals surface area contributed by atoms with E-state index in [1.165, 1.54) is 5.57 Å². The number of aromatic nitrogens is 1. The zero-order chi connectivity index (χ0) is 29.9. The standard InChI is InChI=1S/C15H23N5O.C15H17NO2S.C2H6/c1-3-19-6-8-20(9-7-19)14(21)11-4-5-12-13(10-11)18-15(16-2)17-12;17-6-4-13-10-19-15(16-13)12-2-1-3-14-9-11(8-12)5-7-18-14;1-2/h4-5,10,12-13H,3,6-9H2,1-2H3,(H2,16,17,18);1,3,6,8,10-11,14H,2,4-5,7,9H2;1-2H3/b;3-1-,12-8+;. The Morgan fingerprint density at radius 3 is 2.69 bits per heavy atom. The molecule has 5 aliphatic rings. The Balaban J connectivity index is 0.000000183. The topological polar surface area (TPSA) is 99.2 Å². The van der Waals surface area contributed by atoms with Gasteiger partial charge in [-0.1, -0.05) is 51.2 Å². The first kappa shape index (κ1) is 31.8. The van der Waals surface area contributed by atoms with Crippen LogP contribution >= 0.6 is 11.3 Å². The maximum absolute atomic E-state index is 12.6. The van der Waals surface area contributed by atoms with Crippen LogP contribution in [-0.2, 0) is 20.7 Å². The van der Waals surface area contributed by atoms with E-state index in [-0.39, 0.29) is 18.0 Å². The molecular formula is C32H46N6O3S. The maximum atomic E-state index is 12.6. The zero-order valence-corrected chi connectivity index (χ0v) is 26.2. The van der Waals surface area contributed by atoms with Crippen molar-refractivity contribution < 1.29 is 14.3 Å². The highest BCUT2D eigenvalue weighted by atomic mass is 32.1. The third-order valence-corrected chi connectivity index (χ3v) is 8.98. The van der Waals surface area contributed by atoms with E-state index in [9.17, 15) is 9.59 Å². The summed E-state index contributed by atoms with van der Waals surface area (Å²) >= 11 is 1.64. The van der Waals surface area contributed by atoms with E-state index in [1.54, 1.807) is 18.4 Å². The summed E-state index contributed by atoms with van der Waals surface area (Å²) in [6, 6.07) is 0.307. The van der Waals surface area contributed by atoms with Crippen molar-refractivity contribution in [2.45, 2.75) is 64.6 Å². The van der Waals surface area contributed by atoms with Gasteiger partial charge in [0, 0.05) is 57.2 Å². The van der Waals surface area contributed by atoms with Gasteiger partial charge >= 0.3 is 0 Å². The van der Waals surface area contributed by atoms with Gasteiger partial charge in [0.05, 0.1) is 23.9 Å². The van der Waals surface area contributed by atoms with Crippen LogP contribution < -0.4 is 10.6 Å². The van der Waals surface area contributed by atoms with E-state index in [0.29, 0.717) is 18.4 Å². The molecule has 4 unspecified atom stereocenters. The van der Waals surface area contributed by atoms with Gasteiger partial charge in [0.25, 0.3) is 5.91 Å². The number of piperazine rings is 1. The minimum absolute atomic E-state index is 0.115. The Kier molecular flexibility index (Phi) is 12.1. The monoisotopic (exact) mass is 594 g/mol. The molecule has 228 valence electrons. The van der Waals surface area contributed by atoms with Crippen molar-refractivity contribution in [3.8, 4) is 0 Å². The van der Waals surface area contributed by atoms with Gasteiger partial charge in [0.15, 0.2) is 5.96 Å². The van der Waals surface area contributed by atoms with Gasteiger partial charge in [0.2, 0.25) is 0 Å². The molecule has 1 aromatic rings. The molecule has 10 heteroatoms. The molecule has 3 saturated heterocycles. The van der Waals surface area contributed by atoms with E-state index >= 15 is 0 Å². The van der Waals surface area contributed by atoms with Crippen molar-refractivity contribution in [3.63, 3.8) is 0 Å². The SMILES string of the molecule is CC.CCN1CCN(C(=O)C2=CC3NC(=NC)NC3C=C2)CC1.O=CCc1csc(/C2=C/C3CCOC(/C=C\C2)C3)n1. The maximum Gasteiger partial charge on any atom is 0.253 e. The van der Waals surface area contributed by atoms with Crippen molar-refractivity contribution in [2.24, 2.45) is 10.9 Å². The predicted molar refractivity (Wildman–Crippen MR) is 171 cm³/mol. The highest BCUT2D eigenvalue weighted by Gasteiger charge is 2.31. The van der Waals surface area contributed by atoms with E-state index in [0.717, 1.165) is 87.1 Å². The highest BCUT2D eigenvalue weighted by molar-refractivity contribution is 7.10. The lowest BCUT2D eigenvalue weighted by atomic mass is 9.90. The molecule has 0 radical (unpaired) electrons. The van der Waals surface area contributed by atoms with Crippen molar-refractivity contribution >= 4 is 35.1 Å². The van der Waals surface area contributed by atoms with Crippen molar-refractivity contribution in [3.05, 3.63) is 58.1 Å². The number of thiazole rings is 1. The second-order valence-corrected chi connectivity index (χ2v) is 11.5. The number of allylic oxidation sites excluding steroid dienone is 3. The Hall–Kier alpha value is -3.08. The molecule has 2 aliphatic carbocycles. The molecule has 0 spiro atoms. The van der Waals surface area contributed by atoms with Gasteiger partial charge in [-0.05, 0) is 43.4 Å². The van der Waals surface area contributed by atoms with Crippen LogP contribution in [0.5, 0.6) is 0 Å². The lowest BCUT2D eigenvalue weighted by molar-refractivity contribution is -0.128. The molecular weight excluding hydrogens is 548 g/mol. The van der Waals surface area contributed by atoms with Crippen LogP contribution in [0.15, 0.2) is 52.4 Å². The highest BCUT2D eigenvalue weighted by Crippen LogP contribution is 2.31. The molecule has 42 heavy (non-hydrogen) atoms. The van der Waals surface area contributed by atoms with Gasteiger partial charge in [0.1, 0.15) is 11.3 Å². The van der Waals surface area contributed by atoms with Crippen LogP contribution in [-0.4, -0.2) is 97.5 Å². The first-order valence-electron chi connectivity index (χ1n) is 15.3. The Morgan fingerprint density at radius 1 is 1.17 bits per heavy atom. The molecule has 3 aliphatic heterocycles. The number of rotatable bonds is 5. The van der Waals surface area contributed by atoms with Crippen LogP contribution in [0.4, 0.5) is 0 Å². The summed E-state index contributed by atoms with van der Waals surface area (Å²) in [4.78, 5) is 36.1. The van der Waals surface area contributed by atoms with Crippen LogP contribution in [0.3, 0.4) is 0 Å². The van der Waals surface area contributed by atoms with Gasteiger partial charge in [-0.3, -0.25) is 9.79 Å². The van der Waals surface area contributed by atoms with Crippen LogP contribution in [0, 0.1) is 5.92 Å². The molecule has 3 fully saturated rings. The number of likely N-dealkylation sites (N-methyl/N-ethyl adjacent to an activating group) is 1. The number of nitrogens with zero attached hydrogens (tertiary/aromatic N) is 4. The summed E-state index contributed by atoms with van der Waals surface area (Å²) < 4.78 is 5.69. The Labute approximate surface area is 254 Å². The first-order valence-corrected chi connectivity index (χ1v) is 16.2. The lowest BCUT2D eigenvalue weighted by Crippen LogP contribution is -2.49. The molecule has 9 nitrogen and oxygen atoms in total. The fourth-order valence-electron chi connectivity index (χ4n) is 5.66. The normalized spacial score (nSPS) is 29.4. The molecule has 0 saturated carbocycles. The minimum atomic E-state index is 0.115. The van der Waals surface area contributed by atoms with E-state index in [1.807, 2.05) is 42.4 Å². The van der Waals surface area contributed by atoms with Crippen LogP contribution in [0.2, 0.25) is 0 Å². The Morgan fingerprint density at radius 2 is 1.95 bits per heavy atom. The number of ether oxygens (including phenoxy) is 1. The fraction of sp³-hybridized carbons (Fsp3) is 0.562. The number of aldehydes is 1. The van der Waals surface area contributed by atoms with E-state index in [2.05, 4.69) is 50.7 Å². The number of hydrogen-bond donors (Lipinski definition) is 2. The lowest BCUT2D eigenvalue weighted by Gasteiger charge is -2.34. The van der Waals surface area contributed by atoms with Crippen LogP contribution in [0.1, 0.15) is 50.7 Å². The largest absolute Gasteiger partial charge is 0.374 e. The van der Waals surface area contributed by atoms with Gasteiger partial charge in [-0.15, -0.1) is 11.3 Å². The fourth-order valence-corrected chi connectivity index (χ4v) is 6.53. The van der Waals surface area contributed by atoms with Crippen molar-refractivity contribution in [1.82, 2.24) is 25.4 Å².